The van der Waals surface area contributed by atoms with Gasteiger partial charge < -0.3 is 10.4 Å². The van der Waals surface area contributed by atoms with Gasteiger partial charge in [0.25, 0.3) is 5.91 Å². The number of thioether (sulfide) groups is 1. The van der Waals surface area contributed by atoms with Crippen molar-refractivity contribution in [2.75, 3.05) is 12.3 Å². The number of rotatable bonds is 7. The van der Waals surface area contributed by atoms with Crippen LogP contribution >= 0.6 is 11.8 Å². The van der Waals surface area contributed by atoms with Crippen molar-refractivity contribution >= 4 is 17.7 Å². The first-order chi connectivity index (χ1) is 10.6. The maximum Gasteiger partial charge on any atom is 0.253 e. The van der Waals surface area contributed by atoms with E-state index in [9.17, 15) is 14.3 Å². The molecule has 7 heteroatoms. The first-order valence-electron chi connectivity index (χ1n) is 6.89. The molecule has 5 nitrogen and oxygen atoms in total. The van der Waals surface area contributed by atoms with Gasteiger partial charge in [-0.3, -0.25) is 9.48 Å². The number of carbonyl (C=O) groups excluding carboxylic acids is 1. The summed E-state index contributed by atoms with van der Waals surface area (Å²) >= 11 is 1.60. The predicted octanol–water partition coefficient (Wildman–Crippen LogP) is 1.89. The largest absolute Gasteiger partial charge is 0.378 e. The summed E-state index contributed by atoms with van der Waals surface area (Å²) in [7, 11) is 1.72. The van der Waals surface area contributed by atoms with Gasteiger partial charge in [-0.25, -0.2) is 4.39 Å². The number of nitrogens with one attached hydrogen (secondary N) is 1. The summed E-state index contributed by atoms with van der Waals surface area (Å²) in [6.45, 7) is 0.477. The van der Waals surface area contributed by atoms with Crippen molar-refractivity contribution < 1.29 is 14.3 Å². The molecule has 0 fully saturated rings. The van der Waals surface area contributed by atoms with Crippen LogP contribution in [-0.4, -0.2) is 33.1 Å². The fraction of sp³-hybridized carbons (Fsp3) is 0.333. The molecule has 2 aromatic rings. The van der Waals surface area contributed by atoms with Crippen LogP contribution in [0.3, 0.4) is 0 Å². The maximum atomic E-state index is 12.7. The minimum Gasteiger partial charge on any atom is -0.378 e. The van der Waals surface area contributed by atoms with Gasteiger partial charge in [0.05, 0.1) is 6.20 Å². The number of aryl methyl sites for hydroxylation is 1. The predicted molar refractivity (Wildman–Crippen MR) is 82.9 cm³/mol. The molecule has 1 unspecified atom stereocenters. The van der Waals surface area contributed by atoms with E-state index >= 15 is 0 Å². The van der Waals surface area contributed by atoms with E-state index in [1.165, 1.54) is 23.0 Å². The molecule has 0 aliphatic carbocycles. The third-order valence-corrected chi connectivity index (χ3v) is 4.09. The quantitative estimate of drug-likeness (QED) is 0.603. The van der Waals surface area contributed by atoms with Crippen molar-refractivity contribution in [1.29, 1.82) is 0 Å². The van der Waals surface area contributed by atoms with Crippen molar-refractivity contribution in [2.24, 2.45) is 7.05 Å². The fourth-order valence-corrected chi connectivity index (χ4v) is 2.69. The molecule has 1 aromatic carbocycles. The first-order valence-corrected chi connectivity index (χ1v) is 7.87. The van der Waals surface area contributed by atoms with Gasteiger partial charge in [-0.1, -0.05) is 0 Å². The molecule has 0 saturated heterocycles. The van der Waals surface area contributed by atoms with Gasteiger partial charge in [0.1, 0.15) is 5.82 Å². The van der Waals surface area contributed by atoms with Crippen molar-refractivity contribution in [3.63, 3.8) is 0 Å². The highest BCUT2D eigenvalue weighted by atomic mass is 32.2. The molecule has 2 N–H and O–H groups in total. The Morgan fingerprint density at radius 3 is 2.82 bits per heavy atom. The zero-order valence-corrected chi connectivity index (χ0v) is 13.0. The fourth-order valence-electron chi connectivity index (χ4n) is 1.83. The van der Waals surface area contributed by atoms with Crippen LogP contribution in [0.25, 0.3) is 0 Å². The zero-order chi connectivity index (χ0) is 15.9. The number of benzene rings is 1. The Labute approximate surface area is 132 Å². The maximum absolute atomic E-state index is 12.7. The van der Waals surface area contributed by atoms with Gasteiger partial charge in [-0.05, 0) is 36.4 Å². The monoisotopic (exact) mass is 323 g/mol. The highest BCUT2D eigenvalue weighted by molar-refractivity contribution is 7.99. The van der Waals surface area contributed by atoms with E-state index < -0.39 is 12.0 Å². The molecule has 0 saturated carbocycles. The number of aromatic nitrogens is 2. The molecular weight excluding hydrogens is 305 g/mol. The smallest absolute Gasteiger partial charge is 0.253 e. The van der Waals surface area contributed by atoms with Crippen LogP contribution < -0.4 is 5.32 Å². The number of halogens is 1. The van der Waals surface area contributed by atoms with E-state index in [1.54, 1.807) is 37.1 Å². The number of carbonyl (C=O) groups is 1. The molecule has 0 spiro atoms. The van der Waals surface area contributed by atoms with Crippen LogP contribution in [-0.2, 0) is 11.8 Å². The zero-order valence-electron chi connectivity index (χ0n) is 12.2. The lowest BCUT2D eigenvalue weighted by molar-refractivity contribution is -0.129. The number of hydrogen-bond donors (Lipinski definition) is 2. The summed E-state index contributed by atoms with van der Waals surface area (Å²) in [5, 5.41) is 16.5. The molecule has 0 aliphatic rings. The number of hydrogen-bond acceptors (Lipinski definition) is 4. The van der Waals surface area contributed by atoms with E-state index in [0.29, 0.717) is 12.1 Å². The van der Waals surface area contributed by atoms with E-state index in [4.69, 9.17) is 0 Å². The average molecular weight is 323 g/mol. The highest BCUT2D eigenvalue weighted by Crippen LogP contribution is 2.18. The third-order valence-electron chi connectivity index (χ3n) is 2.99. The van der Waals surface area contributed by atoms with Gasteiger partial charge in [0, 0.05) is 30.2 Å². The molecule has 1 amide bonds. The standard InChI is InChI=1S/C15H18FN3O2S/c1-19-10-11(9-18-19)14(20)15(21)17-7-2-8-22-13-5-3-12(16)4-6-13/h3-6,9-10,14,20H,2,7-8H2,1H3,(H,17,21). The van der Waals surface area contributed by atoms with E-state index in [2.05, 4.69) is 10.4 Å². The summed E-state index contributed by atoms with van der Waals surface area (Å²) in [5.41, 5.74) is 0.473. The Bertz CT molecular complexity index is 616. The Hall–Kier alpha value is -1.86. The minimum absolute atomic E-state index is 0.249. The Kier molecular flexibility index (Phi) is 5.97. The number of aliphatic hydroxyl groups excluding tert-OH is 1. The normalized spacial score (nSPS) is 12.1. The summed E-state index contributed by atoms with van der Waals surface area (Å²) < 4.78 is 14.3. The van der Waals surface area contributed by atoms with Crippen molar-refractivity contribution in [2.45, 2.75) is 17.4 Å². The van der Waals surface area contributed by atoms with Gasteiger partial charge in [0.15, 0.2) is 6.10 Å². The lowest BCUT2D eigenvalue weighted by Gasteiger charge is -2.09. The van der Waals surface area contributed by atoms with Crippen LogP contribution in [0.5, 0.6) is 0 Å². The molecule has 0 aliphatic heterocycles. The third kappa shape index (κ3) is 4.85. The average Bonchev–Trinajstić information content (AvgIpc) is 2.94. The van der Waals surface area contributed by atoms with Gasteiger partial charge in [-0.2, -0.15) is 5.10 Å². The topological polar surface area (TPSA) is 67.2 Å². The van der Waals surface area contributed by atoms with E-state index in [-0.39, 0.29) is 5.82 Å². The van der Waals surface area contributed by atoms with Crippen LogP contribution in [0.4, 0.5) is 4.39 Å². The highest BCUT2D eigenvalue weighted by Gasteiger charge is 2.17. The van der Waals surface area contributed by atoms with Crippen LogP contribution in [0.2, 0.25) is 0 Å². The molecule has 0 radical (unpaired) electrons. The lowest BCUT2D eigenvalue weighted by Crippen LogP contribution is -2.30. The molecule has 0 bridgehead atoms. The van der Waals surface area contributed by atoms with Gasteiger partial charge in [-0.15, -0.1) is 11.8 Å². The van der Waals surface area contributed by atoms with Crippen molar-refractivity contribution in [1.82, 2.24) is 15.1 Å². The van der Waals surface area contributed by atoms with Crippen LogP contribution in [0, 0.1) is 5.82 Å². The number of amides is 1. The summed E-state index contributed by atoms with van der Waals surface area (Å²) in [6, 6.07) is 6.30. The Morgan fingerprint density at radius 1 is 1.45 bits per heavy atom. The molecular formula is C15H18FN3O2S. The number of nitrogens with zero attached hydrogens (tertiary/aromatic N) is 2. The SMILES string of the molecule is Cn1cc(C(O)C(=O)NCCCSc2ccc(F)cc2)cn1. The Morgan fingerprint density at radius 2 is 2.18 bits per heavy atom. The second kappa shape index (κ2) is 7.95. The Balaban J connectivity index is 1.65. The van der Waals surface area contributed by atoms with E-state index in [0.717, 1.165) is 17.1 Å². The van der Waals surface area contributed by atoms with Gasteiger partial charge in [0.2, 0.25) is 0 Å². The molecule has 118 valence electrons. The summed E-state index contributed by atoms with van der Waals surface area (Å²) in [5.74, 6) is 0.121. The van der Waals surface area contributed by atoms with E-state index in [1.807, 2.05) is 0 Å². The molecule has 2 rings (SSSR count). The summed E-state index contributed by atoms with van der Waals surface area (Å²) in [4.78, 5) is 12.8. The second-order valence-corrected chi connectivity index (χ2v) is 5.97. The molecule has 1 aromatic heterocycles. The van der Waals surface area contributed by atoms with Crippen LogP contribution in [0.15, 0.2) is 41.6 Å². The molecule has 1 atom stereocenters. The minimum atomic E-state index is -1.20. The number of aliphatic hydroxyl groups is 1. The molecule has 22 heavy (non-hydrogen) atoms. The van der Waals surface area contributed by atoms with Crippen molar-refractivity contribution in [3.05, 3.63) is 48.0 Å². The lowest BCUT2D eigenvalue weighted by atomic mass is 10.2. The van der Waals surface area contributed by atoms with Crippen LogP contribution in [0.1, 0.15) is 18.1 Å². The summed E-state index contributed by atoms with van der Waals surface area (Å²) in [6.07, 6.45) is 2.63. The van der Waals surface area contributed by atoms with Gasteiger partial charge >= 0.3 is 0 Å². The molecule has 1 heterocycles. The first kappa shape index (κ1) is 16.5. The van der Waals surface area contributed by atoms with Crippen molar-refractivity contribution in [3.8, 4) is 0 Å². The second-order valence-electron chi connectivity index (χ2n) is 4.80.